The largest absolute Gasteiger partial charge is 0.327 e. The highest BCUT2D eigenvalue weighted by Gasteiger charge is 2.07. The Labute approximate surface area is 104 Å². The number of rotatable bonds is 6. The van der Waals surface area contributed by atoms with Crippen LogP contribution in [0.15, 0.2) is 24.3 Å². The smallest absolute Gasteiger partial charge is 0.147 e. The summed E-state index contributed by atoms with van der Waals surface area (Å²) < 4.78 is 21.9. The van der Waals surface area contributed by atoms with E-state index in [4.69, 9.17) is 5.73 Å². The van der Waals surface area contributed by atoms with E-state index in [1.807, 2.05) is 6.07 Å². The quantitative estimate of drug-likeness (QED) is 0.841. The van der Waals surface area contributed by atoms with Crippen LogP contribution in [-0.2, 0) is 16.3 Å². The van der Waals surface area contributed by atoms with Crippen molar-refractivity contribution in [3.63, 3.8) is 0 Å². The van der Waals surface area contributed by atoms with Crippen LogP contribution >= 0.6 is 0 Å². The Morgan fingerprint density at radius 1 is 1.35 bits per heavy atom. The van der Waals surface area contributed by atoms with Gasteiger partial charge in [-0.3, -0.25) is 0 Å². The molecule has 0 aliphatic carbocycles. The van der Waals surface area contributed by atoms with E-state index in [2.05, 4.69) is 25.1 Å². The van der Waals surface area contributed by atoms with Gasteiger partial charge in [0.15, 0.2) is 0 Å². The molecule has 0 radical (unpaired) electrons. The Morgan fingerprint density at radius 2 is 2.06 bits per heavy atom. The third-order valence-electron chi connectivity index (χ3n) is 2.67. The van der Waals surface area contributed by atoms with Gasteiger partial charge in [-0.15, -0.1) is 0 Å². The minimum Gasteiger partial charge on any atom is -0.327 e. The van der Waals surface area contributed by atoms with Gasteiger partial charge in [-0.25, -0.2) is 8.42 Å². The van der Waals surface area contributed by atoms with Crippen LogP contribution in [0.1, 0.15) is 24.0 Å². The van der Waals surface area contributed by atoms with E-state index in [9.17, 15) is 8.42 Å². The van der Waals surface area contributed by atoms with Crippen molar-refractivity contribution >= 4 is 9.84 Å². The first-order valence-electron chi connectivity index (χ1n) is 5.86. The predicted molar refractivity (Wildman–Crippen MR) is 71.8 cm³/mol. The maximum Gasteiger partial charge on any atom is 0.147 e. The van der Waals surface area contributed by atoms with Gasteiger partial charge in [-0.2, -0.15) is 0 Å². The molecule has 1 aromatic carbocycles. The van der Waals surface area contributed by atoms with Crippen molar-refractivity contribution < 1.29 is 8.42 Å². The Balaban J connectivity index is 2.37. The standard InChI is InChI=1S/C13H21NO2S/c1-11-5-3-6-12(9-11)10-13(14)7-4-8-17(2,15)16/h3,5-6,9,13H,4,7-8,10,14H2,1-2H3. The van der Waals surface area contributed by atoms with E-state index >= 15 is 0 Å². The molecule has 0 saturated carbocycles. The van der Waals surface area contributed by atoms with E-state index in [1.54, 1.807) is 0 Å². The van der Waals surface area contributed by atoms with Crippen LogP contribution in [0, 0.1) is 6.92 Å². The summed E-state index contributed by atoms with van der Waals surface area (Å²) in [6, 6.07) is 8.30. The van der Waals surface area contributed by atoms with Gasteiger partial charge in [0, 0.05) is 18.1 Å². The third-order valence-corrected chi connectivity index (χ3v) is 3.70. The molecule has 1 aromatic rings. The van der Waals surface area contributed by atoms with Crippen molar-refractivity contribution in [2.75, 3.05) is 12.0 Å². The van der Waals surface area contributed by atoms with Crippen LogP contribution in [0.2, 0.25) is 0 Å². The molecule has 2 N–H and O–H groups in total. The van der Waals surface area contributed by atoms with E-state index in [0.717, 1.165) is 12.8 Å². The summed E-state index contributed by atoms with van der Waals surface area (Å²) in [5.74, 6) is 0.231. The lowest BCUT2D eigenvalue weighted by atomic mass is 10.0. The van der Waals surface area contributed by atoms with Crippen molar-refractivity contribution in [2.24, 2.45) is 5.73 Å². The van der Waals surface area contributed by atoms with E-state index in [0.29, 0.717) is 6.42 Å². The second-order valence-corrected chi connectivity index (χ2v) is 6.99. The first-order chi connectivity index (χ1) is 7.87. The molecule has 0 bridgehead atoms. The molecule has 3 nitrogen and oxygen atoms in total. The van der Waals surface area contributed by atoms with Crippen molar-refractivity contribution in [1.29, 1.82) is 0 Å². The zero-order chi connectivity index (χ0) is 12.9. The first-order valence-corrected chi connectivity index (χ1v) is 7.92. The summed E-state index contributed by atoms with van der Waals surface area (Å²) in [4.78, 5) is 0. The molecule has 0 amide bonds. The number of hydrogen-bond acceptors (Lipinski definition) is 3. The van der Waals surface area contributed by atoms with Crippen LogP contribution in [-0.4, -0.2) is 26.5 Å². The highest BCUT2D eigenvalue weighted by atomic mass is 32.2. The Kier molecular flexibility index (Phi) is 5.15. The first kappa shape index (κ1) is 14.2. The number of nitrogens with two attached hydrogens (primary N) is 1. The van der Waals surface area contributed by atoms with Gasteiger partial charge in [0.1, 0.15) is 9.84 Å². The van der Waals surface area contributed by atoms with E-state index in [-0.39, 0.29) is 11.8 Å². The number of benzene rings is 1. The average Bonchev–Trinajstić information content (AvgIpc) is 2.15. The van der Waals surface area contributed by atoms with Crippen LogP contribution in [0.3, 0.4) is 0 Å². The van der Waals surface area contributed by atoms with Crippen molar-refractivity contribution in [2.45, 2.75) is 32.2 Å². The average molecular weight is 255 g/mol. The molecule has 1 atom stereocenters. The number of aryl methyl sites for hydroxylation is 1. The molecule has 0 saturated heterocycles. The molecular weight excluding hydrogens is 234 g/mol. The number of hydrogen-bond donors (Lipinski definition) is 1. The third kappa shape index (κ3) is 6.44. The second-order valence-electron chi connectivity index (χ2n) is 4.73. The van der Waals surface area contributed by atoms with Gasteiger partial charge in [-0.05, 0) is 31.7 Å². The number of sulfone groups is 1. The molecule has 96 valence electrons. The SMILES string of the molecule is Cc1cccc(CC(N)CCCS(C)(=O)=O)c1. The molecule has 0 fully saturated rings. The highest BCUT2D eigenvalue weighted by molar-refractivity contribution is 7.90. The van der Waals surface area contributed by atoms with Gasteiger partial charge in [0.2, 0.25) is 0 Å². The molecule has 0 aliphatic heterocycles. The van der Waals surface area contributed by atoms with Gasteiger partial charge in [0.05, 0.1) is 0 Å². The minimum absolute atomic E-state index is 0.0403. The molecule has 0 aliphatic rings. The monoisotopic (exact) mass is 255 g/mol. The second kappa shape index (κ2) is 6.17. The Hall–Kier alpha value is -0.870. The van der Waals surface area contributed by atoms with Gasteiger partial charge in [0.25, 0.3) is 0 Å². The van der Waals surface area contributed by atoms with Crippen LogP contribution in [0.5, 0.6) is 0 Å². The Morgan fingerprint density at radius 3 is 2.65 bits per heavy atom. The predicted octanol–water partition coefficient (Wildman–Crippen LogP) is 1.69. The lowest BCUT2D eigenvalue weighted by molar-refractivity contribution is 0.577. The summed E-state index contributed by atoms with van der Waals surface area (Å²) in [7, 11) is -2.85. The fourth-order valence-electron chi connectivity index (χ4n) is 1.85. The van der Waals surface area contributed by atoms with Gasteiger partial charge >= 0.3 is 0 Å². The maximum absolute atomic E-state index is 11.0. The van der Waals surface area contributed by atoms with E-state index < -0.39 is 9.84 Å². The molecule has 1 unspecified atom stereocenters. The summed E-state index contributed by atoms with van der Waals surface area (Å²) in [6.45, 7) is 2.05. The lowest BCUT2D eigenvalue weighted by Crippen LogP contribution is -2.23. The topological polar surface area (TPSA) is 60.2 Å². The Bertz CT molecular complexity index is 454. The molecule has 1 rings (SSSR count). The zero-order valence-corrected chi connectivity index (χ0v) is 11.3. The van der Waals surface area contributed by atoms with Crippen molar-refractivity contribution in [1.82, 2.24) is 0 Å². The lowest BCUT2D eigenvalue weighted by Gasteiger charge is -2.11. The summed E-state index contributed by atoms with van der Waals surface area (Å²) in [5.41, 5.74) is 8.44. The molecule has 0 aromatic heterocycles. The van der Waals surface area contributed by atoms with E-state index in [1.165, 1.54) is 17.4 Å². The minimum atomic E-state index is -2.85. The molecule has 17 heavy (non-hydrogen) atoms. The molecular formula is C13H21NO2S. The molecule has 4 heteroatoms. The zero-order valence-electron chi connectivity index (χ0n) is 10.5. The maximum atomic E-state index is 11.0. The van der Waals surface area contributed by atoms with Crippen LogP contribution in [0.4, 0.5) is 0 Å². The summed E-state index contributed by atoms with van der Waals surface area (Å²) in [5, 5.41) is 0. The molecule has 0 spiro atoms. The fourth-order valence-corrected chi connectivity index (χ4v) is 2.54. The normalized spacial score (nSPS) is 13.6. The van der Waals surface area contributed by atoms with Gasteiger partial charge < -0.3 is 5.73 Å². The van der Waals surface area contributed by atoms with Crippen LogP contribution in [0.25, 0.3) is 0 Å². The highest BCUT2D eigenvalue weighted by Crippen LogP contribution is 2.09. The van der Waals surface area contributed by atoms with Crippen LogP contribution < -0.4 is 5.73 Å². The van der Waals surface area contributed by atoms with Gasteiger partial charge in [-0.1, -0.05) is 29.8 Å². The molecule has 0 heterocycles. The summed E-state index contributed by atoms with van der Waals surface area (Å²) in [6.07, 6.45) is 3.47. The fraction of sp³-hybridized carbons (Fsp3) is 0.538. The van der Waals surface area contributed by atoms with Crippen molar-refractivity contribution in [3.8, 4) is 0 Å². The summed E-state index contributed by atoms with van der Waals surface area (Å²) >= 11 is 0. The van der Waals surface area contributed by atoms with Crippen molar-refractivity contribution in [3.05, 3.63) is 35.4 Å².